The first-order valence-corrected chi connectivity index (χ1v) is 10.2. The summed E-state index contributed by atoms with van der Waals surface area (Å²) in [6.45, 7) is 2.93. The Kier molecular flexibility index (Phi) is 6.23. The molecule has 1 saturated heterocycles. The van der Waals surface area contributed by atoms with Crippen molar-refractivity contribution in [1.82, 2.24) is 9.62 Å². The molecule has 7 heteroatoms. The first-order valence-electron chi connectivity index (χ1n) is 8.33. The number of carbonyl (C=O) groups is 1. The smallest absolute Gasteiger partial charge is 0.238 e. The van der Waals surface area contributed by atoms with Crippen molar-refractivity contribution in [3.8, 4) is 0 Å². The van der Waals surface area contributed by atoms with Crippen LogP contribution in [0.15, 0.2) is 30.3 Å². The number of hydrogen-bond donors (Lipinski definition) is 1. The van der Waals surface area contributed by atoms with E-state index in [1.165, 1.54) is 10.6 Å². The zero-order chi connectivity index (χ0) is 17.7. The van der Waals surface area contributed by atoms with E-state index < -0.39 is 16.1 Å². The van der Waals surface area contributed by atoms with Crippen LogP contribution in [-0.2, 0) is 14.8 Å². The van der Waals surface area contributed by atoms with Gasteiger partial charge in [0.15, 0.2) is 0 Å². The van der Waals surface area contributed by atoms with E-state index in [-0.39, 0.29) is 11.9 Å². The van der Waals surface area contributed by atoms with Crippen LogP contribution in [-0.4, -0.2) is 57.1 Å². The number of rotatable bonds is 6. The molecule has 0 spiro atoms. The molecule has 0 unspecified atom stereocenters. The van der Waals surface area contributed by atoms with E-state index in [9.17, 15) is 13.2 Å². The molecular formula is C17H27N3O3S. The maximum atomic E-state index is 12.5. The Bertz CT molecular complexity index is 648. The van der Waals surface area contributed by atoms with Crippen molar-refractivity contribution in [1.29, 1.82) is 0 Å². The standard InChI is InChI=1S/C17H27N3O3S/c1-14(19(2)15-9-5-4-6-10-15)13-18-17(21)16-11-7-8-12-20(16)24(3,22)23/h4-6,9-10,14,16H,7-8,11-13H2,1-3H3,(H,18,21)/t14-,16-/m0/s1. The minimum atomic E-state index is -3.36. The molecule has 1 aliphatic rings. The molecule has 1 N–H and O–H groups in total. The monoisotopic (exact) mass is 353 g/mol. The molecule has 1 amide bonds. The number of para-hydroxylation sites is 1. The molecule has 0 saturated carbocycles. The van der Waals surface area contributed by atoms with Gasteiger partial charge in [-0.05, 0) is 31.9 Å². The van der Waals surface area contributed by atoms with E-state index in [4.69, 9.17) is 0 Å². The van der Waals surface area contributed by atoms with E-state index in [0.717, 1.165) is 18.5 Å². The summed E-state index contributed by atoms with van der Waals surface area (Å²) in [7, 11) is -1.37. The molecule has 0 aromatic heterocycles. The topological polar surface area (TPSA) is 69.7 Å². The lowest BCUT2D eigenvalue weighted by molar-refractivity contribution is -0.125. The Balaban J connectivity index is 1.94. The number of hydrogen-bond acceptors (Lipinski definition) is 4. The molecule has 1 heterocycles. The van der Waals surface area contributed by atoms with Crippen molar-refractivity contribution < 1.29 is 13.2 Å². The molecule has 1 aromatic rings. The van der Waals surface area contributed by atoms with Crippen molar-refractivity contribution >= 4 is 21.6 Å². The molecule has 0 bridgehead atoms. The van der Waals surface area contributed by atoms with Crippen LogP contribution in [0.4, 0.5) is 5.69 Å². The van der Waals surface area contributed by atoms with Crippen LogP contribution >= 0.6 is 0 Å². The lowest BCUT2D eigenvalue weighted by Gasteiger charge is -2.33. The summed E-state index contributed by atoms with van der Waals surface area (Å²) in [5.41, 5.74) is 1.08. The molecule has 0 radical (unpaired) electrons. The number of carbonyl (C=O) groups excluding carboxylic acids is 1. The molecule has 134 valence electrons. The average Bonchev–Trinajstić information content (AvgIpc) is 2.58. The molecule has 1 aliphatic heterocycles. The normalized spacial score (nSPS) is 20.4. The van der Waals surface area contributed by atoms with Crippen LogP contribution in [0.1, 0.15) is 26.2 Å². The van der Waals surface area contributed by atoms with Crippen molar-refractivity contribution in [3.05, 3.63) is 30.3 Å². The Morgan fingerprint density at radius 2 is 2.00 bits per heavy atom. The zero-order valence-corrected chi connectivity index (χ0v) is 15.4. The molecule has 2 atom stereocenters. The summed E-state index contributed by atoms with van der Waals surface area (Å²) >= 11 is 0. The molecule has 2 rings (SSSR count). The summed E-state index contributed by atoms with van der Waals surface area (Å²) in [5.74, 6) is -0.201. The summed E-state index contributed by atoms with van der Waals surface area (Å²) in [6, 6.07) is 9.48. The summed E-state index contributed by atoms with van der Waals surface area (Å²) < 4.78 is 25.1. The fourth-order valence-electron chi connectivity index (χ4n) is 2.98. The number of piperidine rings is 1. The van der Waals surface area contributed by atoms with Crippen molar-refractivity contribution in [2.75, 3.05) is 31.3 Å². The predicted molar refractivity (Wildman–Crippen MR) is 96.5 cm³/mol. The van der Waals surface area contributed by atoms with Gasteiger partial charge in [0.25, 0.3) is 0 Å². The van der Waals surface area contributed by atoms with Gasteiger partial charge in [-0.1, -0.05) is 24.6 Å². The third-order valence-corrected chi connectivity index (χ3v) is 5.87. The molecular weight excluding hydrogens is 326 g/mol. The molecule has 6 nitrogen and oxygen atoms in total. The van der Waals surface area contributed by atoms with Gasteiger partial charge in [0.05, 0.1) is 6.26 Å². The van der Waals surface area contributed by atoms with E-state index in [0.29, 0.717) is 19.5 Å². The predicted octanol–water partition coefficient (Wildman–Crippen LogP) is 1.44. The Labute approximate surface area is 144 Å². The van der Waals surface area contributed by atoms with Crippen LogP contribution in [0, 0.1) is 0 Å². The maximum Gasteiger partial charge on any atom is 0.238 e. The average molecular weight is 353 g/mol. The van der Waals surface area contributed by atoms with Gasteiger partial charge in [-0.3, -0.25) is 4.79 Å². The summed E-state index contributed by atoms with van der Waals surface area (Å²) in [6.07, 6.45) is 3.44. The fraction of sp³-hybridized carbons (Fsp3) is 0.588. The Hall–Kier alpha value is -1.60. The number of benzene rings is 1. The minimum absolute atomic E-state index is 0.103. The van der Waals surface area contributed by atoms with E-state index in [1.807, 2.05) is 44.3 Å². The second-order valence-corrected chi connectivity index (χ2v) is 8.36. The second kappa shape index (κ2) is 7.98. The van der Waals surface area contributed by atoms with E-state index in [2.05, 4.69) is 10.2 Å². The van der Waals surface area contributed by atoms with Crippen LogP contribution in [0.2, 0.25) is 0 Å². The van der Waals surface area contributed by atoms with Gasteiger partial charge in [0, 0.05) is 31.9 Å². The highest BCUT2D eigenvalue weighted by molar-refractivity contribution is 7.88. The number of nitrogens with zero attached hydrogens (tertiary/aromatic N) is 2. The first kappa shape index (κ1) is 18.7. The van der Waals surface area contributed by atoms with Gasteiger partial charge in [-0.15, -0.1) is 0 Å². The van der Waals surface area contributed by atoms with Gasteiger partial charge in [-0.25, -0.2) is 8.42 Å². The van der Waals surface area contributed by atoms with E-state index in [1.54, 1.807) is 0 Å². The van der Waals surface area contributed by atoms with Crippen LogP contribution in [0.25, 0.3) is 0 Å². The van der Waals surface area contributed by atoms with Gasteiger partial charge in [0.2, 0.25) is 15.9 Å². The Morgan fingerprint density at radius 1 is 1.33 bits per heavy atom. The highest BCUT2D eigenvalue weighted by atomic mass is 32.2. The highest BCUT2D eigenvalue weighted by Gasteiger charge is 2.34. The molecule has 24 heavy (non-hydrogen) atoms. The number of nitrogens with one attached hydrogen (secondary N) is 1. The zero-order valence-electron chi connectivity index (χ0n) is 14.6. The Morgan fingerprint density at radius 3 is 2.62 bits per heavy atom. The van der Waals surface area contributed by atoms with Crippen LogP contribution in [0.3, 0.4) is 0 Å². The minimum Gasteiger partial charge on any atom is -0.370 e. The third kappa shape index (κ3) is 4.70. The quantitative estimate of drug-likeness (QED) is 0.840. The van der Waals surface area contributed by atoms with Crippen LogP contribution < -0.4 is 10.2 Å². The number of amides is 1. The maximum absolute atomic E-state index is 12.5. The van der Waals surface area contributed by atoms with Crippen molar-refractivity contribution in [2.45, 2.75) is 38.3 Å². The van der Waals surface area contributed by atoms with Crippen LogP contribution in [0.5, 0.6) is 0 Å². The lowest BCUT2D eigenvalue weighted by atomic mass is 10.0. The number of sulfonamides is 1. The lowest BCUT2D eigenvalue weighted by Crippen LogP contribution is -2.53. The van der Waals surface area contributed by atoms with Gasteiger partial charge >= 0.3 is 0 Å². The second-order valence-electron chi connectivity index (χ2n) is 6.43. The van der Waals surface area contributed by atoms with Crippen molar-refractivity contribution in [3.63, 3.8) is 0 Å². The van der Waals surface area contributed by atoms with E-state index >= 15 is 0 Å². The van der Waals surface area contributed by atoms with Gasteiger partial charge in [-0.2, -0.15) is 4.31 Å². The molecule has 1 fully saturated rings. The third-order valence-electron chi connectivity index (χ3n) is 4.58. The van der Waals surface area contributed by atoms with Gasteiger partial charge < -0.3 is 10.2 Å². The number of likely N-dealkylation sites (N-methyl/N-ethyl adjacent to an activating group) is 1. The highest BCUT2D eigenvalue weighted by Crippen LogP contribution is 2.20. The summed E-state index contributed by atoms with van der Waals surface area (Å²) in [4.78, 5) is 14.6. The number of anilines is 1. The summed E-state index contributed by atoms with van der Waals surface area (Å²) in [5, 5.41) is 2.92. The fourth-order valence-corrected chi connectivity index (χ4v) is 4.11. The largest absolute Gasteiger partial charge is 0.370 e. The molecule has 1 aromatic carbocycles. The first-order chi connectivity index (χ1) is 11.3. The van der Waals surface area contributed by atoms with Crippen molar-refractivity contribution in [2.24, 2.45) is 0 Å². The van der Waals surface area contributed by atoms with Gasteiger partial charge in [0.1, 0.15) is 6.04 Å². The SMILES string of the molecule is C[C@@H](CNC(=O)[C@@H]1CCCCN1S(C)(=O)=O)N(C)c1ccccc1. The molecule has 0 aliphatic carbocycles.